The highest BCUT2D eigenvalue weighted by Gasteiger charge is 2.09. The van der Waals surface area contributed by atoms with Crippen molar-refractivity contribution in [2.45, 2.75) is 12.8 Å². The Kier molecular flexibility index (Phi) is 4.23. The number of esters is 1. The van der Waals surface area contributed by atoms with Crippen LogP contribution in [0.2, 0.25) is 0 Å². The molecule has 18 heavy (non-hydrogen) atoms. The number of rotatable bonds is 3. The summed E-state index contributed by atoms with van der Waals surface area (Å²) in [5.41, 5.74) is 0.975. The minimum atomic E-state index is -0.249. The maximum absolute atomic E-state index is 11.0. The van der Waals surface area contributed by atoms with Crippen molar-refractivity contribution in [3.05, 3.63) is 29.8 Å². The van der Waals surface area contributed by atoms with Crippen molar-refractivity contribution in [3.63, 3.8) is 0 Å². The number of carbonyl (C=O) groups is 1. The van der Waals surface area contributed by atoms with E-state index in [1.807, 2.05) is 24.3 Å². The van der Waals surface area contributed by atoms with E-state index in [0.29, 0.717) is 13.2 Å². The van der Waals surface area contributed by atoms with E-state index in [9.17, 15) is 4.79 Å². The molecule has 1 heterocycles. The number of benzene rings is 1. The quantitative estimate of drug-likeness (QED) is 0.771. The van der Waals surface area contributed by atoms with Crippen molar-refractivity contribution >= 4 is 12.0 Å². The maximum atomic E-state index is 11.0. The van der Waals surface area contributed by atoms with Gasteiger partial charge in [-0.3, -0.25) is 4.79 Å². The summed E-state index contributed by atoms with van der Waals surface area (Å²) in [6, 6.07) is 5.73. The largest absolute Gasteiger partial charge is 0.490 e. The lowest BCUT2D eigenvalue weighted by molar-refractivity contribution is -0.139. The fraction of sp³-hybridized carbons (Fsp3) is 0.357. The molecule has 0 bridgehead atoms. The van der Waals surface area contributed by atoms with Crippen molar-refractivity contribution < 1.29 is 19.0 Å². The van der Waals surface area contributed by atoms with Gasteiger partial charge in [-0.25, -0.2) is 0 Å². The topological polar surface area (TPSA) is 44.8 Å². The molecule has 0 N–H and O–H groups in total. The molecule has 0 atom stereocenters. The van der Waals surface area contributed by atoms with E-state index >= 15 is 0 Å². The Labute approximate surface area is 106 Å². The summed E-state index contributed by atoms with van der Waals surface area (Å²) in [7, 11) is 1.38. The van der Waals surface area contributed by atoms with Crippen molar-refractivity contribution in [2.75, 3.05) is 20.3 Å². The Morgan fingerprint density at radius 2 is 2.11 bits per heavy atom. The van der Waals surface area contributed by atoms with Gasteiger partial charge in [0, 0.05) is 6.42 Å². The molecule has 96 valence electrons. The van der Waals surface area contributed by atoms with Crippen LogP contribution < -0.4 is 9.47 Å². The van der Waals surface area contributed by atoms with Crippen LogP contribution in [0.4, 0.5) is 0 Å². The standard InChI is InChI=1S/C14H16O4/c1-16-14(15)5-2-4-11-6-7-12-13(10-11)18-9-3-8-17-12/h2,4,6-7,10H,3,5,8-9H2,1H3. The number of fused-ring (bicyclic) bond motifs is 1. The van der Waals surface area contributed by atoms with Crippen molar-refractivity contribution in [1.82, 2.24) is 0 Å². The Bertz CT molecular complexity index is 451. The number of hydrogen-bond acceptors (Lipinski definition) is 4. The molecule has 1 aliphatic heterocycles. The number of ether oxygens (including phenoxy) is 3. The third-order valence-electron chi connectivity index (χ3n) is 2.59. The second-order valence-corrected chi connectivity index (χ2v) is 3.94. The predicted octanol–water partition coefficient (Wildman–Crippen LogP) is 2.42. The molecule has 0 spiro atoms. The normalized spacial score (nSPS) is 14.3. The van der Waals surface area contributed by atoms with Crippen molar-refractivity contribution in [1.29, 1.82) is 0 Å². The molecule has 2 rings (SSSR count). The fourth-order valence-corrected chi connectivity index (χ4v) is 1.66. The number of carbonyl (C=O) groups excluding carboxylic acids is 1. The molecule has 0 unspecified atom stereocenters. The van der Waals surface area contributed by atoms with Crippen LogP contribution in [-0.4, -0.2) is 26.3 Å². The van der Waals surface area contributed by atoms with Gasteiger partial charge in [-0.05, 0) is 17.7 Å². The van der Waals surface area contributed by atoms with Crippen LogP contribution in [0.15, 0.2) is 24.3 Å². The molecule has 0 aliphatic carbocycles. The second kappa shape index (κ2) is 6.10. The fourth-order valence-electron chi connectivity index (χ4n) is 1.66. The van der Waals surface area contributed by atoms with E-state index < -0.39 is 0 Å². The molecule has 0 amide bonds. The van der Waals surface area contributed by atoms with Crippen molar-refractivity contribution in [2.24, 2.45) is 0 Å². The highest BCUT2D eigenvalue weighted by molar-refractivity contribution is 5.72. The van der Waals surface area contributed by atoms with Gasteiger partial charge in [0.1, 0.15) is 0 Å². The number of hydrogen-bond donors (Lipinski definition) is 0. The average molecular weight is 248 g/mol. The van der Waals surface area contributed by atoms with Crippen LogP contribution in [0.5, 0.6) is 11.5 Å². The zero-order valence-electron chi connectivity index (χ0n) is 10.3. The summed E-state index contributed by atoms with van der Waals surface area (Å²) >= 11 is 0. The van der Waals surface area contributed by atoms with Gasteiger partial charge in [0.2, 0.25) is 0 Å². The summed E-state index contributed by atoms with van der Waals surface area (Å²) in [4.78, 5) is 11.0. The van der Waals surface area contributed by atoms with E-state index in [-0.39, 0.29) is 12.4 Å². The lowest BCUT2D eigenvalue weighted by Crippen LogP contribution is -1.97. The first-order valence-electron chi connectivity index (χ1n) is 5.92. The minimum Gasteiger partial charge on any atom is -0.490 e. The molecule has 1 aromatic rings. The molecule has 1 aliphatic rings. The van der Waals surface area contributed by atoms with Crippen LogP contribution in [0.1, 0.15) is 18.4 Å². The van der Waals surface area contributed by atoms with Gasteiger partial charge >= 0.3 is 5.97 Å². The first kappa shape index (κ1) is 12.5. The van der Waals surface area contributed by atoms with Crippen LogP contribution in [0, 0.1) is 0 Å². The Morgan fingerprint density at radius 1 is 1.33 bits per heavy atom. The monoisotopic (exact) mass is 248 g/mol. The molecular weight excluding hydrogens is 232 g/mol. The smallest absolute Gasteiger partial charge is 0.309 e. The van der Waals surface area contributed by atoms with Crippen molar-refractivity contribution in [3.8, 4) is 11.5 Å². The predicted molar refractivity (Wildman–Crippen MR) is 67.7 cm³/mol. The van der Waals surface area contributed by atoms with Crippen LogP contribution in [0.3, 0.4) is 0 Å². The third kappa shape index (κ3) is 3.26. The zero-order chi connectivity index (χ0) is 12.8. The van der Waals surface area contributed by atoms with E-state index in [1.165, 1.54) is 7.11 Å². The highest BCUT2D eigenvalue weighted by Crippen LogP contribution is 2.30. The maximum Gasteiger partial charge on any atom is 0.309 e. The van der Waals surface area contributed by atoms with E-state index in [0.717, 1.165) is 23.5 Å². The molecular formula is C14H16O4. The van der Waals surface area contributed by atoms with Crippen LogP contribution in [0.25, 0.3) is 6.08 Å². The average Bonchev–Trinajstić information content (AvgIpc) is 2.63. The Balaban J connectivity index is 2.06. The highest BCUT2D eigenvalue weighted by atomic mass is 16.5. The second-order valence-electron chi connectivity index (χ2n) is 3.94. The zero-order valence-corrected chi connectivity index (χ0v) is 10.3. The summed E-state index contributed by atoms with van der Waals surface area (Å²) in [6.07, 6.45) is 4.80. The Morgan fingerprint density at radius 3 is 2.89 bits per heavy atom. The van der Waals surface area contributed by atoms with E-state index in [4.69, 9.17) is 9.47 Å². The summed E-state index contributed by atoms with van der Waals surface area (Å²) in [5.74, 6) is 1.28. The van der Waals surface area contributed by atoms with E-state index in [2.05, 4.69) is 4.74 Å². The van der Waals surface area contributed by atoms with Gasteiger partial charge in [-0.15, -0.1) is 0 Å². The molecule has 4 heteroatoms. The van der Waals surface area contributed by atoms with Gasteiger partial charge in [-0.2, -0.15) is 0 Å². The molecule has 0 saturated carbocycles. The lowest BCUT2D eigenvalue weighted by atomic mass is 10.2. The minimum absolute atomic E-state index is 0.249. The molecule has 0 saturated heterocycles. The SMILES string of the molecule is COC(=O)CC=Cc1ccc2c(c1)OCCCO2. The molecule has 0 fully saturated rings. The summed E-state index contributed by atoms with van der Waals surface area (Å²) in [5, 5.41) is 0. The van der Waals surface area contributed by atoms with Gasteiger partial charge in [0.25, 0.3) is 0 Å². The number of methoxy groups -OCH3 is 1. The molecule has 0 radical (unpaired) electrons. The van der Waals surface area contributed by atoms with Gasteiger partial charge in [-0.1, -0.05) is 18.2 Å². The molecule has 4 nitrogen and oxygen atoms in total. The van der Waals surface area contributed by atoms with Gasteiger partial charge < -0.3 is 14.2 Å². The Hall–Kier alpha value is -1.97. The van der Waals surface area contributed by atoms with Gasteiger partial charge in [0.05, 0.1) is 26.7 Å². The lowest BCUT2D eigenvalue weighted by Gasteiger charge is -2.07. The summed E-state index contributed by atoms with van der Waals surface area (Å²) in [6.45, 7) is 1.35. The molecule has 0 aromatic heterocycles. The first-order chi connectivity index (χ1) is 8.79. The van der Waals surface area contributed by atoms with Crippen LogP contribution >= 0.6 is 0 Å². The third-order valence-corrected chi connectivity index (χ3v) is 2.59. The first-order valence-corrected chi connectivity index (χ1v) is 5.92. The van der Waals surface area contributed by atoms with Gasteiger partial charge in [0.15, 0.2) is 11.5 Å². The molecule has 1 aromatic carbocycles. The summed E-state index contributed by atoms with van der Waals surface area (Å²) < 4.78 is 15.7. The van der Waals surface area contributed by atoms with E-state index in [1.54, 1.807) is 6.08 Å². The van der Waals surface area contributed by atoms with Crippen LogP contribution in [-0.2, 0) is 9.53 Å².